The highest BCUT2D eigenvalue weighted by Gasteiger charge is 2.05. The lowest BCUT2D eigenvalue weighted by Gasteiger charge is -2.11. The standard InChI is InChI=1S/C14H26N4O/c1-11(2)13-10-12(3)16-14(17-13)15-6-8-19-9-7-18(4)5/h10-11H,6-9H2,1-5H3,(H,15,16,17). The molecule has 0 aliphatic carbocycles. The Morgan fingerprint density at radius 1 is 1.26 bits per heavy atom. The molecule has 1 N–H and O–H groups in total. The minimum atomic E-state index is 0.415. The predicted octanol–water partition coefficient (Wildman–Crippen LogP) is 1.90. The van der Waals surface area contributed by atoms with Crippen LogP contribution in [0.25, 0.3) is 0 Å². The average molecular weight is 266 g/mol. The van der Waals surface area contributed by atoms with Gasteiger partial charge in [-0.25, -0.2) is 9.97 Å². The number of nitrogens with zero attached hydrogens (tertiary/aromatic N) is 3. The van der Waals surface area contributed by atoms with E-state index in [-0.39, 0.29) is 0 Å². The molecule has 108 valence electrons. The molecular weight excluding hydrogens is 240 g/mol. The first-order valence-electron chi connectivity index (χ1n) is 6.81. The summed E-state index contributed by atoms with van der Waals surface area (Å²) in [6.07, 6.45) is 0. The molecule has 0 aliphatic heterocycles. The zero-order valence-corrected chi connectivity index (χ0v) is 12.7. The van der Waals surface area contributed by atoms with Gasteiger partial charge >= 0.3 is 0 Å². The van der Waals surface area contributed by atoms with Gasteiger partial charge in [-0.2, -0.15) is 0 Å². The van der Waals surface area contributed by atoms with Gasteiger partial charge in [0.2, 0.25) is 5.95 Å². The summed E-state index contributed by atoms with van der Waals surface area (Å²) in [5.74, 6) is 1.11. The number of rotatable bonds is 8. The average Bonchev–Trinajstić information content (AvgIpc) is 2.32. The molecule has 5 nitrogen and oxygen atoms in total. The van der Waals surface area contributed by atoms with Crippen LogP contribution in [-0.4, -0.2) is 55.3 Å². The number of ether oxygens (including phenoxy) is 1. The summed E-state index contributed by atoms with van der Waals surface area (Å²) in [5.41, 5.74) is 2.07. The molecule has 0 aromatic carbocycles. The van der Waals surface area contributed by atoms with E-state index in [2.05, 4.69) is 34.0 Å². The normalized spacial score (nSPS) is 11.3. The van der Waals surface area contributed by atoms with Crippen molar-refractivity contribution in [3.05, 3.63) is 17.5 Å². The molecule has 0 unspecified atom stereocenters. The Kier molecular flexibility index (Phi) is 6.73. The Bertz CT molecular complexity index is 380. The quantitative estimate of drug-likeness (QED) is 0.728. The molecule has 0 aliphatic rings. The first-order chi connectivity index (χ1) is 8.99. The van der Waals surface area contributed by atoms with Gasteiger partial charge in [-0.1, -0.05) is 13.8 Å². The maximum absolute atomic E-state index is 5.51. The van der Waals surface area contributed by atoms with Crippen molar-refractivity contribution in [2.24, 2.45) is 0 Å². The summed E-state index contributed by atoms with van der Waals surface area (Å²) in [4.78, 5) is 11.0. The molecule has 0 amide bonds. The van der Waals surface area contributed by atoms with E-state index in [0.717, 1.165) is 31.1 Å². The van der Waals surface area contributed by atoms with E-state index in [1.165, 1.54) is 0 Å². The monoisotopic (exact) mass is 266 g/mol. The van der Waals surface area contributed by atoms with Crippen molar-refractivity contribution in [3.8, 4) is 0 Å². The number of anilines is 1. The summed E-state index contributed by atoms with van der Waals surface area (Å²) in [6, 6.07) is 2.03. The number of aromatic nitrogens is 2. The first kappa shape index (κ1) is 15.9. The second-order valence-corrected chi connectivity index (χ2v) is 5.25. The van der Waals surface area contributed by atoms with Gasteiger partial charge in [0.25, 0.3) is 0 Å². The highest BCUT2D eigenvalue weighted by atomic mass is 16.5. The van der Waals surface area contributed by atoms with Gasteiger partial charge < -0.3 is 15.0 Å². The number of aryl methyl sites for hydroxylation is 1. The molecule has 0 radical (unpaired) electrons. The van der Waals surface area contributed by atoms with Crippen LogP contribution in [0.5, 0.6) is 0 Å². The number of hydrogen-bond donors (Lipinski definition) is 1. The van der Waals surface area contributed by atoms with Crippen LogP contribution >= 0.6 is 0 Å². The lowest BCUT2D eigenvalue weighted by molar-refractivity contribution is 0.126. The third kappa shape index (κ3) is 6.50. The van der Waals surface area contributed by atoms with Gasteiger partial charge in [-0.05, 0) is 33.0 Å². The maximum Gasteiger partial charge on any atom is 0.223 e. The Labute approximate surface area is 116 Å². The van der Waals surface area contributed by atoms with Gasteiger partial charge in [0.15, 0.2) is 0 Å². The second kappa shape index (κ2) is 8.07. The molecule has 0 atom stereocenters. The predicted molar refractivity (Wildman–Crippen MR) is 78.7 cm³/mol. The van der Waals surface area contributed by atoms with E-state index < -0.39 is 0 Å². The Hall–Kier alpha value is -1.20. The SMILES string of the molecule is Cc1cc(C(C)C)nc(NCCOCCN(C)C)n1. The van der Waals surface area contributed by atoms with E-state index in [9.17, 15) is 0 Å². The Morgan fingerprint density at radius 3 is 2.63 bits per heavy atom. The van der Waals surface area contributed by atoms with Crippen molar-refractivity contribution in [3.63, 3.8) is 0 Å². The molecule has 1 aromatic rings. The fraction of sp³-hybridized carbons (Fsp3) is 0.714. The van der Waals surface area contributed by atoms with Crippen molar-refractivity contribution >= 4 is 5.95 Å². The molecule has 1 heterocycles. The van der Waals surface area contributed by atoms with Crippen LogP contribution < -0.4 is 5.32 Å². The van der Waals surface area contributed by atoms with Gasteiger partial charge in [0.1, 0.15) is 0 Å². The number of nitrogens with one attached hydrogen (secondary N) is 1. The lowest BCUT2D eigenvalue weighted by atomic mass is 10.1. The van der Waals surface area contributed by atoms with E-state index in [4.69, 9.17) is 4.74 Å². The van der Waals surface area contributed by atoms with E-state index in [0.29, 0.717) is 18.5 Å². The highest BCUT2D eigenvalue weighted by molar-refractivity contribution is 5.28. The summed E-state index contributed by atoms with van der Waals surface area (Å²) in [7, 11) is 4.07. The molecule has 0 fully saturated rings. The van der Waals surface area contributed by atoms with Crippen molar-refractivity contribution in [2.75, 3.05) is 45.7 Å². The molecule has 5 heteroatoms. The van der Waals surface area contributed by atoms with E-state index >= 15 is 0 Å². The van der Waals surface area contributed by atoms with Crippen LogP contribution in [0.2, 0.25) is 0 Å². The summed E-state index contributed by atoms with van der Waals surface area (Å²) in [6.45, 7) is 9.35. The Balaban J connectivity index is 2.33. The number of likely N-dealkylation sites (N-methyl/N-ethyl adjacent to an activating group) is 1. The second-order valence-electron chi connectivity index (χ2n) is 5.25. The van der Waals surface area contributed by atoms with Crippen molar-refractivity contribution in [2.45, 2.75) is 26.7 Å². The molecule has 0 bridgehead atoms. The van der Waals surface area contributed by atoms with E-state index in [1.807, 2.05) is 27.1 Å². The van der Waals surface area contributed by atoms with Crippen LogP contribution in [0, 0.1) is 6.92 Å². The van der Waals surface area contributed by atoms with Crippen LogP contribution in [-0.2, 0) is 4.74 Å². The molecular formula is C14H26N4O. The van der Waals surface area contributed by atoms with Crippen molar-refractivity contribution in [1.82, 2.24) is 14.9 Å². The summed E-state index contributed by atoms with van der Waals surface area (Å²) in [5, 5.41) is 3.21. The van der Waals surface area contributed by atoms with Gasteiger partial charge in [0.05, 0.1) is 13.2 Å². The molecule has 0 saturated heterocycles. The number of hydrogen-bond acceptors (Lipinski definition) is 5. The minimum Gasteiger partial charge on any atom is -0.378 e. The fourth-order valence-corrected chi connectivity index (χ4v) is 1.55. The van der Waals surface area contributed by atoms with Gasteiger partial charge in [-0.15, -0.1) is 0 Å². The molecule has 1 rings (SSSR count). The third-order valence-electron chi connectivity index (χ3n) is 2.68. The minimum absolute atomic E-state index is 0.415. The fourth-order valence-electron chi connectivity index (χ4n) is 1.55. The van der Waals surface area contributed by atoms with Gasteiger partial charge in [-0.3, -0.25) is 0 Å². The lowest BCUT2D eigenvalue weighted by Crippen LogP contribution is -2.20. The zero-order chi connectivity index (χ0) is 14.3. The molecule has 0 spiro atoms. The topological polar surface area (TPSA) is 50.3 Å². The van der Waals surface area contributed by atoms with Crippen molar-refractivity contribution < 1.29 is 4.74 Å². The molecule has 1 aromatic heterocycles. The molecule has 0 saturated carbocycles. The largest absolute Gasteiger partial charge is 0.378 e. The third-order valence-corrected chi connectivity index (χ3v) is 2.68. The first-order valence-corrected chi connectivity index (χ1v) is 6.81. The van der Waals surface area contributed by atoms with Crippen molar-refractivity contribution in [1.29, 1.82) is 0 Å². The smallest absolute Gasteiger partial charge is 0.223 e. The zero-order valence-electron chi connectivity index (χ0n) is 12.7. The van der Waals surface area contributed by atoms with Crippen LogP contribution in [0.1, 0.15) is 31.2 Å². The Morgan fingerprint density at radius 2 is 2.00 bits per heavy atom. The highest BCUT2D eigenvalue weighted by Crippen LogP contribution is 2.14. The van der Waals surface area contributed by atoms with Gasteiger partial charge in [0, 0.05) is 24.5 Å². The molecule has 19 heavy (non-hydrogen) atoms. The van der Waals surface area contributed by atoms with Crippen LogP contribution in [0.3, 0.4) is 0 Å². The summed E-state index contributed by atoms with van der Waals surface area (Å²) < 4.78 is 5.51. The van der Waals surface area contributed by atoms with Crippen LogP contribution in [0.4, 0.5) is 5.95 Å². The van der Waals surface area contributed by atoms with Crippen LogP contribution in [0.15, 0.2) is 6.07 Å². The summed E-state index contributed by atoms with van der Waals surface area (Å²) >= 11 is 0. The maximum atomic E-state index is 5.51. The van der Waals surface area contributed by atoms with E-state index in [1.54, 1.807) is 0 Å².